The summed E-state index contributed by atoms with van der Waals surface area (Å²) in [4.78, 5) is 34.7. The van der Waals surface area contributed by atoms with E-state index in [4.69, 9.17) is 14.2 Å². The minimum absolute atomic E-state index is 0.0527. The predicted octanol–water partition coefficient (Wildman–Crippen LogP) is 4.20. The van der Waals surface area contributed by atoms with Crippen LogP contribution in [0.2, 0.25) is 0 Å². The highest BCUT2D eigenvalue weighted by molar-refractivity contribution is 7.19. The summed E-state index contributed by atoms with van der Waals surface area (Å²) < 4.78 is 19.2. The van der Waals surface area contributed by atoms with Crippen LogP contribution in [0.5, 0.6) is 5.75 Å². The number of aromatic nitrogens is 1. The van der Waals surface area contributed by atoms with Gasteiger partial charge in [0.25, 0.3) is 0 Å². The van der Waals surface area contributed by atoms with Gasteiger partial charge in [0.2, 0.25) is 11.8 Å². The lowest BCUT2D eigenvalue weighted by molar-refractivity contribution is -0.171. The second-order valence-electron chi connectivity index (χ2n) is 12.9. The smallest absolute Gasteiger partial charge is 0.233 e. The summed E-state index contributed by atoms with van der Waals surface area (Å²) in [6, 6.07) is 10.3. The number of thiophene rings is 1. The monoisotopic (exact) mass is 613 g/mol. The number of carbonyl (C=O) groups excluding carboxylic acids is 2. The number of imide groups is 1. The van der Waals surface area contributed by atoms with Crippen molar-refractivity contribution in [1.82, 2.24) is 15.2 Å². The molecule has 3 saturated heterocycles. The van der Waals surface area contributed by atoms with E-state index in [1.54, 1.807) is 17.5 Å². The van der Waals surface area contributed by atoms with Gasteiger partial charge < -0.3 is 24.4 Å². The van der Waals surface area contributed by atoms with Gasteiger partial charge in [-0.25, -0.2) is 0 Å². The predicted molar refractivity (Wildman–Crippen MR) is 164 cm³/mol. The number of hydrogen-bond acceptors (Lipinski definition) is 10. The van der Waals surface area contributed by atoms with E-state index in [2.05, 4.69) is 28.2 Å². The van der Waals surface area contributed by atoms with Crippen molar-refractivity contribution in [3.8, 4) is 22.9 Å². The molecule has 4 fully saturated rings. The van der Waals surface area contributed by atoms with Crippen LogP contribution in [0.15, 0.2) is 30.5 Å². The summed E-state index contributed by atoms with van der Waals surface area (Å²) in [5.74, 6) is 0.373. The van der Waals surface area contributed by atoms with Crippen molar-refractivity contribution in [2.24, 2.45) is 11.8 Å². The molecule has 6 heterocycles. The molecule has 10 nitrogen and oxygen atoms in total. The molecule has 228 valence electrons. The fourth-order valence-electron chi connectivity index (χ4n) is 7.33. The van der Waals surface area contributed by atoms with Crippen LogP contribution < -0.4 is 15.0 Å². The minimum Gasteiger partial charge on any atom is -0.489 e. The number of nitrogens with one attached hydrogen (secondary N) is 1. The molecule has 0 radical (unpaired) electrons. The summed E-state index contributed by atoms with van der Waals surface area (Å²) >= 11 is 1.55. The van der Waals surface area contributed by atoms with Crippen molar-refractivity contribution >= 4 is 39.1 Å². The van der Waals surface area contributed by atoms with E-state index in [0.717, 1.165) is 77.3 Å². The Hall–Kier alpha value is -3.56. The average Bonchev–Trinajstić information content (AvgIpc) is 3.50. The first-order valence-electron chi connectivity index (χ1n) is 15.6. The van der Waals surface area contributed by atoms with Gasteiger partial charge in [-0.1, -0.05) is 0 Å². The quantitative estimate of drug-likeness (QED) is 0.391. The van der Waals surface area contributed by atoms with E-state index in [1.165, 1.54) is 4.90 Å². The highest BCUT2D eigenvalue weighted by atomic mass is 32.1. The maximum absolute atomic E-state index is 12.7. The Morgan fingerprint density at radius 1 is 1.18 bits per heavy atom. The van der Waals surface area contributed by atoms with Crippen LogP contribution in [0.25, 0.3) is 21.3 Å². The Morgan fingerprint density at radius 2 is 2.05 bits per heavy atom. The zero-order valence-electron chi connectivity index (χ0n) is 24.7. The molecule has 2 aromatic heterocycles. The number of amides is 2. The van der Waals surface area contributed by atoms with Crippen LogP contribution in [0, 0.1) is 23.2 Å². The SMILES string of the molecule is C[C@]1(COC2CCCCO2)C[C@H](N2CCOc3cc(C#N)cc(-c4ccnc5cc(CN6C(=O)C7CC7C6=O)sc45)c32)CN1. The largest absolute Gasteiger partial charge is 0.489 e. The third-order valence-corrected chi connectivity index (χ3v) is 10.9. The van der Waals surface area contributed by atoms with E-state index < -0.39 is 0 Å². The summed E-state index contributed by atoms with van der Waals surface area (Å²) in [6.07, 6.45) is 6.43. The Bertz CT molecular complexity index is 1680. The highest BCUT2D eigenvalue weighted by Crippen LogP contribution is 2.49. The molecule has 5 aliphatic rings. The van der Waals surface area contributed by atoms with Crippen LogP contribution >= 0.6 is 11.3 Å². The lowest BCUT2D eigenvalue weighted by Gasteiger charge is -2.38. The van der Waals surface area contributed by atoms with E-state index in [1.807, 2.05) is 24.3 Å². The van der Waals surface area contributed by atoms with Gasteiger partial charge >= 0.3 is 0 Å². The second-order valence-corrected chi connectivity index (χ2v) is 14.1. The van der Waals surface area contributed by atoms with Crippen molar-refractivity contribution in [3.63, 3.8) is 0 Å². The molecule has 1 N–H and O–H groups in total. The van der Waals surface area contributed by atoms with Crippen LogP contribution in [-0.2, 0) is 25.6 Å². The number of ether oxygens (including phenoxy) is 3. The Kier molecular flexibility index (Phi) is 6.86. The van der Waals surface area contributed by atoms with Gasteiger partial charge in [0.1, 0.15) is 12.4 Å². The molecular formula is C33H35N5O5S. The number of carbonyl (C=O) groups is 2. The van der Waals surface area contributed by atoms with Crippen molar-refractivity contribution < 1.29 is 23.8 Å². The minimum atomic E-state index is -0.186. The Balaban J connectivity index is 1.11. The maximum Gasteiger partial charge on any atom is 0.233 e. The first-order chi connectivity index (χ1) is 21.4. The second kappa shape index (κ2) is 10.8. The molecule has 1 aromatic carbocycles. The molecule has 4 aliphatic heterocycles. The maximum atomic E-state index is 12.7. The lowest BCUT2D eigenvalue weighted by atomic mass is 9.95. The molecule has 1 saturated carbocycles. The zero-order valence-corrected chi connectivity index (χ0v) is 25.5. The van der Waals surface area contributed by atoms with Gasteiger partial charge in [-0.2, -0.15) is 5.26 Å². The molecule has 3 aromatic rings. The number of nitriles is 1. The summed E-state index contributed by atoms with van der Waals surface area (Å²) in [5, 5.41) is 13.7. The number of pyridine rings is 1. The number of fused-ring (bicyclic) bond motifs is 3. The third kappa shape index (κ3) is 4.85. The highest BCUT2D eigenvalue weighted by Gasteiger charge is 2.58. The van der Waals surface area contributed by atoms with Gasteiger partial charge in [0.15, 0.2) is 6.29 Å². The average molecular weight is 614 g/mol. The lowest BCUT2D eigenvalue weighted by Crippen LogP contribution is -2.43. The van der Waals surface area contributed by atoms with Crippen LogP contribution in [0.1, 0.15) is 49.5 Å². The molecular weight excluding hydrogens is 578 g/mol. The van der Waals surface area contributed by atoms with Gasteiger partial charge in [0.05, 0.1) is 59.1 Å². The molecule has 11 heteroatoms. The first kappa shape index (κ1) is 28.0. The molecule has 2 amide bonds. The number of hydrogen-bond donors (Lipinski definition) is 1. The van der Waals surface area contributed by atoms with Gasteiger partial charge in [-0.3, -0.25) is 19.5 Å². The van der Waals surface area contributed by atoms with E-state index >= 15 is 0 Å². The zero-order chi connectivity index (χ0) is 30.0. The van der Waals surface area contributed by atoms with Crippen LogP contribution in [-0.4, -0.2) is 72.5 Å². The fraction of sp³-hybridized carbons (Fsp3) is 0.515. The fourth-order valence-corrected chi connectivity index (χ4v) is 8.46. The number of benzene rings is 1. The number of anilines is 1. The van der Waals surface area contributed by atoms with Crippen LogP contribution in [0.3, 0.4) is 0 Å². The first-order valence-corrected chi connectivity index (χ1v) is 16.4. The summed E-state index contributed by atoms with van der Waals surface area (Å²) in [6.45, 7) is 5.91. The van der Waals surface area contributed by atoms with Crippen molar-refractivity contribution in [1.29, 1.82) is 5.26 Å². The van der Waals surface area contributed by atoms with Crippen molar-refractivity contribution in [3.05, 3.63) is 40.9 Å². The topological polar surface area (TPSA) is 117 Å². The molecule has 3 unspecified atom stereocenters. The standard InChI is InChI=1S/C33H35N5O5S/c1-33(18-43-28-4-2-3-8-42-28)14-20(16-36-33)37-7-9-41-27-11-19(15-34)10-23(29(27)37)22-5-6-35-26-12-21(44-30(22)26)17-38-31(39)24-13-25(24)32(38)40/h5-6,10-12,20,24-25,28,36H,2-4,7-9,13-14,16-18H2,1H3/t20-,24?,25?,28?,33+/m0/s1. The number of nitrogens with zero attached hydrogens (tertiary/aromatic N) is 4. The van der Waals surface area contributed by atoms with Gasteiger partial charge in [0, 0.05) is 53.0 Å². The molecule has 0 bridgehead atoms. The summed E-state index contributed by atoms with van der Waals surface area (Å²) in [7, 11) is 0. The molecule has 44 heavy (non-hydrogen) atoms. The normalized spacial score (nSPS) is 29.5. The van der Waals surface area contributed by atoms with Crippen LogP contribution in [0.4, 0.5) is 5.69 Å². The van der Waals surface area contributed by atoms with E-state index in [0.29, 0.717) is 30.9 Å². The number of rotatable bonds is 7. The Labute approximate surface area is 259 Å². The molecule has 1 aliphatic carbocycles. The van der Waals surface area contributed by atoms with E-state index in [-0.39, 0.29) is 48.1 Å². The number of likely N-dealkylation sites (tertiary alicyclic amines) is 1. The summed E-state index contributed by atoms with van der Waals surface area (Å²) in [5.41, 5.74) is 4.02. The third-order valence-electron chi connectivity index (χ3n) is 9.72. The van der Waals surface area contributed by atoms with Crippen molar-refractivity contribution in [2.45, 2.75) is 63.4 Å². The Morgan fingerprint density at radius 3 is 2.84 bits per heavy atom. The van der Waals surface area contributed by atoms with E-state index in [9.17, 15) is 14.9 Å². The number of piperidine rings is 1. The molecule has 5 atom stereocenters. The van der Waals surface area contributed by atoms with Crippen molar-refractivity contribution in [2.75, 3.05) is 37.8 Å². The van der Waals surface area contributed by atoms with Gasteiger partial charge in [-0.05, 0) is 57.2 Å². The van der Waals surface area contributed by atoms with Gasteiger partial charge in [-0.15, -0.1) is 11.3 Å². The molecule has 8 rings (SSSR count). The molecule has 0 spiro atoms.